The Bertz CT molecular complexity index is 1090. The van der Waals surface area contributed by atoms with Gasteiger partial charge in [-0.25, -0.2) is 0 Å². The first-order valence-corrected chi connectivity index (χ1v) is 13.3. The summed E-state index contributed by atoms with van der Waals surface area (Å²) in [6.07, 6.45) is -15.6. The molecule has 0 bridgehead atoms. The summed E-state index contributed by atoms with van der Waals surface area (Å²) in [5, 5.41) is 10.6. The van der Waals surface area contributed by atoms with Crippen LogP contribution in [0.25, 0.3) is 0 Å². The average molecular weight is 637 g/mol. The summed E-state index contributed by atoms with van der Waals surface area (Å²) < 4.78 is 53.7. The molecule has 18 heteroatoms. The zero-order chi connectivity index (χ0) is 33.3. The van der Waals surface area contributed by atoms with Gasteiger partial charge in [-0.1, -0.05) is 0 Å². The van der Waals surface area contributed by atoms with Crippen molar-refractivity contribution in [1.82, 2.24) is 0 Å². The van der Waals surface area contributed by atoms with E-state index in [1.165, 1.54) is 0 Å². The Hall–Kier alpha value is -3.87. The maximum atomic E-state index is 12.1. The van der Waals surface area contributed by atoms with Gasteiger partial charge in [0.2, 0.25) is 0 Å². The van der Waals surface area contributed by atoms with E-state index in [0.29, 0.717) is 0 Å². The summed E-state index contributed by atoms with van der Waals surface area (Å²) in [4.78, 5) is 83.0. The molecule has 0 radical (unpaired) electrons. The molecule has 2 aliphatic heterocycles. The number of carbonyl (C=O) groups excluding carboxylic acids is 7. The van der Waals surface area contributed by atoms with Gasteiger partial charge in [0.05, 0.1) is 6.61 Å². The van der Waals surface area contributed by atoms with Crippen molar-refractivity contribution < 1.29 is 86.0 Å². The van der Waals surface area contributed by atoms with E-state index in [4.69, 9.17) is 47.4 Å². The molecule has 0 aromatic rings. The fraction of sp³-hybridized carbons (Fsp3) is 0.731. The van der Waals surface area contributed by atoms with Crippen LogP contribution in [-0.2, 0) is 80.9 Å². The zero-order valence-corrected chi connectivity index (χ0v) is 25.1. The molecule has 0 aromatic carbocycles. The van der Waals surface area contributed by atoms with Crippen molar-refractivity contribution in [2.24, 2.45) is 0 Å². The highest BCUT2D eigenvalue weighted by atomic mass is 16.7. The molecule has 2 rings (SSSR count). The van der Waals surface area contributed by atoms with Crippen LogP contribution in [0.1, 0.15) is 48.5 Å². The van der Waals surface area contributed by atoms with Crippen molar-refractivity contribution in [2.45, 2.75) is 110 Å². The summed E-state index contributed by atoms with van der Waals surface area (Å²) in [6, 6.07) is 0. The normalized spacial score (nSPS) is 31.5. The van der Waals surface area contributed by atoms with Gasteiger partial charge in [0.25, 0.3) is 0 Å². The van der Waals surface area contributed by atoms with E-state index in [0.717, 1.165) is 48.5 Å². The summed E-state index contributed by atoms with van der Waals surface area (Å²) in [7, 11) is 0. The van der Waals surface area contributed by atoms with Gasteiger partial charge in [-0.2, -0.15) is 0 Å². The van der Waals surface area contributed by atoms with Crippen LogP contribution in [0.15, 0.2) is 0 Å². The van der Waals surface area contributed by atoms with Gasteiger partial charge in [-0.3, -0.25) is 33.6 Å². The molecule has 0 saturated carbocycles. The van der Waals surface area contributed by atoms with Crippen LogP contribution in [-0.4, -0.2) is 122 Å². The number of rotatable bonds is 11. The minimum absolute atomic E-state index is 0.523. The standard InChI is InChI=1S/C26H36O18/c1-10(27)35-8-18-20(38-12(3)29)22(40-14(5)31)24(42-16(7)33)26(44-18)36-9-17-19(37-11(2)28)21(39-13(4)30)23(25(34)43-17)41-15(6)32/h17-26,34H,8-9H2,1-7H3/t17-,18-,19+,20-,21+,22+,23-,24-,25-,26-/m1/s1. The summed E-state index contributed by atoms with van der Waals surface area (Å²) in [5.41, 5.74) is 0. The Morgan fingerprint density at radius 1 is 0.477 bits per heavy atom. The Morgan fingerprint density at radius 2 is 0.841 bits per heavy atom. The lowest BCUT2D eigenvalue weighted by Gasteiger charge is -2.45. The number of aliphatic hydroxyl groups excluding tert-OH is 1. The lowest BCUT2D eigenvalue weighted by Crippen LogP contribution is -2.64. The summed E-state index contributed by atoms with van der Waals surface area (Å²) >= 11 is 0. The molecular weight excluding hydrogens is 600 g/mol. The average Bonchev–Trinajstić information content (AvgIpc) is 2.87. The van der Waals surface area contributed by atoms with Gasteiger partial charge < -0.3 is 52.5 Å². The first-order valence-electron chi connectivity index (χ1n) is 13.3. The van der Waals surface area contributed by atoms with Gasteiger partial charge in [-0.05, 0) is 0 Å². The highest BCUT2D eigenvalue weighted by molar-refractivity contribution is 5.69. The van der Waals surface area contributed by atoms with E-state index in [9.17, 15) is 38.7 Å². The highest BCUT2D eigenvalue weighted by Crippen LogP contribution is 2.32. The maximum Gasteiger partial charge on any atom is 0.303 e. The monoisotopic (exact) mass is 636 g/mol. The molecule has 2 heterocycles. The molecule has 1 N–H and O–H groups in total. The second kappa shape index (κ2) is 16.3. The van der Waals surface area contributed by atoms with E-state index >= 15 is 0 Å². The van der Waals surface area contributed by atoms with Gasteiger partial charge >= 0.3 is 41.8 Å². The van der Waals surface area contributed by atoms with Crippen LogP contribution < -0.4 is 0 Å². The molecule has 10 atom stereocenters. The number of aliphatic hydroxyl groups is 1. The molecule has 0 amide bonds. The first-order chi connectivity index (χ1) is 20.5. The second-order valence-electron chi connectivity index (χ2n) is 9.69. The third-order valence-electron chi connectivity index (χ3n) is 5.89. The van der Waals surface area contributed by atoms with E-state index in [1.807, 2.05) is 0 Å². The minimum Gasteiger partial charge on any atom is -0.463 e. The van der Waals surface area contributed by atoms with Crippen LogP contribution in [0, 0.1) is 0 Å². The molecule has 44 heavy (non-hydrogen) atoms. The molecule has 248 valence electrons. The molecule has 0 aliphatic carbocycles. The molecule has 2 fully saturated rings. The van der Waals surface area contributed by atoms with Crippen LogP contribution in [0.4, 0.5) is 0 Å². The number of carbonyl (C=O) groups is 7. The van der Waals surface area contributed by atoms with Crippen molar-refractivity contribution in [2.75, 3.05) is 13.2 Å². The number of ether oxygens (including phenoxy) is 10. The van der Waals surface area contributed by atoms with E-state index in [2.05, 4.69) is 0 Å². The first kappa shape index (κ1) is 36.3. The Balaban J connectivity index is 2.48. The van der Waals surface area contributed by atoms with Gasteiger partial charge in [-0.15, -0.1) is 0 Å². The quantitative estimate of drug-likeness (QED) is 0.203. The molecular formula is C26H36O18. The van der Waals surface area contributed by atoms with Gasteiger partial charge in [0.15, 0.2) is 49.2 Å². The van der Waals surface area contributed by atoms with Crippen LogP contribution in [0.2, 0.25) is 0 Å². The van der Waals surface area contributed by atoms with Crippen molar-refractivity contribution in [3.8, 4) is 0 Å². The van der Waals surface area contributed by atoms with Crippen LogP contribution in [0.3, 0.4) is 0 Å². The van der Waals surface area contributed by atoms with E-state index < -0.39 is 116 Å². The SMILES string of the molecule is CC(=O)OC[C@H]1O[C@@H](OC[C@H]2O[C@@H](O)[C@H](OC(C)=O)[C@@H](OC(C)=O)[C@H]2OC(C)=O)[C@H](OC(C)=O)[C@@H](OC(C)=O)[C@@H]1OC(C)=O. The maximum absolute atomic E-state index is 12.1. The van der Waals surface area contributed by atoms with Crippen molar-refractivity contribution in [1.29, 1.82) is 0 Å². The summed E-state index contributed by atoms with van der Waals surface area (Å²) in [5.74, 6) is -5.94. The largest absolute Gasteiger partial charge is 0.463 e. The lowest BCUT2D eigenvalue weighted by atomic mass is 9.97. The van der Waals surface area contributed by atoms with E-state index in [-0.39, 0.29) is 0 Å². The molecule has 2 saturated heterocycles. The number of esters is 7. The predicted octanol–water partition coefficient (Wildman–Crippen LogP) is -1.40. The summed E-state index contributed by atoms with van der Waals surface area (Å²) in [6.45, 7) is 6.15. The third-order valence-corrected chi connectivity index (χ3v) is 5.89. The Morgan fingerprint density at radius 3 is 1.27 bits per heavy atom. The molecule has 18 nitrogen and oxygen atoms in total. The lowest BCUT2D eigenvalue weighted by molar-refractivity contribution is -0.330. The van der Waals surface area contributed by atoms with Gasteiger partial charge in [0.1, 0.15) is 18.8 Å². The minimum atomic E-state index is -1.90. The Kier molecular flexibility index (Phi) is 13.4. The third kappa shape index (κ3) is 10.7. The molecule has 2 aliphatic rings. The van der Waals surface area contributed by atoms with Gasteiger partial charge in [0, 0.05) is 48.5 Å². The van der Waals surface area contributed by atoms with Crippen LogP contribution >= 0.6 is 0 Å². The molecule has 0 unspecified atom stereocenters. The highest BCUT2D eigenvalue weighted by Gasteiger charge is 2.55. The van der Waals surface area contributed by atoms with Crippen LogP contribution in [0.5, 0.6) is 0 Å². The fourth-order valence-corrected chi connectivity index (χ4v) is 4.52. The van der Waals surface area contributed by atoms with Crippen molar-refractivity contribution in [3.05, 3.63) is 0 Å². The smallest absolute Gasteiger partial charge is 0.303 e. The predicted molar refractivity (Wildman–Crippen MR) is 135 cm³/mol. The molecule has 0 aromatic heterocycles. The number of hydrogen-bond acceptors (Lipinski definition) is 18. The Labute approximate surface area is 251 Å². The second-order valence-corrected chi connectivity index (χ2v) is 9.69. The topological polar surface area (TPSA) is 232 Å². The molecule has 0 spiro atoms. The number of hydrogen-bond donors (Lipinski definition) is 1. The van der Waals surface area contributed by atoms with Crippen molar-refractivity contribution >= 4 is 41.8 Å². The van der Waals surface area contributed by atoms with Crippen molar-refractivity contribution in [3.63, 3.8) is 0 Å². The fourth-order valence-electron chi connectivity index (χ4n) is 4.52. The zero-order valence-electron chi connectivity index (χ0n) is 25.1. The van der Waals surface area contributed by atoms with E-state index in [1.54, 1.807) is 0 Å².